The molecule has 0 unspecified atom stereocenters. The number of aromatic nitrogens is 7. The van der Waals surface area contributed by atoms with Gasteiger partial charge in [-0.05, 0) is 91.8 Å². The number of likely N-dealkylation sites (tertiary alicyclic amines) is 1. The molecule has 1 aliphatic rings. The second-order valence-electron chi connectivity index (χ2n) is 12.2. The summed E-state index contributed by atoms with van der Waals surface area (Å²) >= 11 is 0. The van der Waals surface area contributed by atoms with Gasteiger partial charge >= 0.3 is 0 Å². The van der Waals surface area contributed by atoms with Crippen LogP contribution in [0.25, 0.3) is 11.4 Å². The van der Waals surface area contributed by atoms with E-state index >= 15 is 0 Å². The maximum Gasteiger partial charge on any atom is 0.254 e. The van der Waals surface area contributed by atoms with Crippen LogP contribution in [-0.4, -0.2) is 76.2 Å². The fourth-order valence-corrected chi connectivity index (χ4v) is 5.24. The van der Waals surface area contributed by atoms with Crippen LogP contribution in [0.1, 0.15) is 84.6 Å². The number of nitrogens with one attached hydrogen (secondary N) is 2. The number of primary amides is 1. The average molecular weight is 552 g/mol. The second kappa shape index (κ2) is 11.0. The molecule has 13 heteroatoms. The lowest BCUT2D eigenvalue weighted by Gasteiger charge is -2.53. The van der Waals surface area contributed by atoms with Crippen molar-refractivity contribution in [1.29, 1.82) is 0 Å². The Morgan fingerprint density at radius 1 is 1.10 bits per heavy atom. The van der Waals surface area contributed by atoms with E-state index in [2.05, 4.69) is 80.8 Å². The number of carbonyl (C=O) groups is 1. The number of amides is 1. The van der Waals surface area contributed by atoms with Crippen LogP contribution in [0, 0.1) is 0 Å². The molecule has 1 amide bonds. The number of nitrogens with zero attached hydrogens (tertiary/aromatic N) is 8. The van der Waals surface area contributed by atoms with Gasteiger partial charge in [-0.1, -0.05) is 0 Å². The van der Waals surface area contributed by atoms with E-state index in [-0.39, 0.29) is 40.8 Å². The molecule has 0 saturated carbocycles. The molecule has 1 saturated heterocycles. The quantitative estimate of drug-likeness (QED) is 0.354. The van der Waals surface area contributed by atoms with Crippen molar-refractivity contribution in [3.8, 4) is 17.3 Å². The topological polar surface area (TPSA) is 162 Å². The first kappa shape index (κ1) is 29.1. The number of rotatable bonds is 9. The summed E-state index contributed by atoms with van der Waals surface area (Å²) in [4.78, 5) is 28.2. The number of pyridine rings is 1. The Morgan fingerprint density at radius 2 is 1.77 bits per heavy atom. The SMILES string of the molecule is CC(C)Oc1ncc(Nc2ncc(C(N)=O)c(NC3CC(C)(C)N(C)C(C)(C)C3)n2)cc1-c1nnnn1C(C)C. The van der Waals surface area contributed by atoms with Gasteiger partial charge in [0.1, 0.15) is 5.82 Å². The molecular weight excluding hydrogens is 510 g/mol. The van der Waals surface area contributed by atoms with Gasteiger partial charge in [0.25, 0.3) is 5.91 Å². The summed E-state index contributed by atoms with van der Waals surface area (Å²) in [7, 11) is 2.15. The number of nitrogens with two attached hydrogens (primary N) is 1. The van der Waals surface area contributed by atoms with E-state index in [1.54, 1.807) is 10.9 Å². The molecule has 4 heterocycles. The van der Waals surface area contributed by atoms with Crippen molar-refractivity contribution in [2.75, 3.05) is 17.7 Å². The first-order valence-electron chi connectivity index (χ1n) is 13.6. The Bertz CT molecular complexity index is 1350. The molecule has 13 nitrogen and oxygen atoms in total. The molecule has 0 atom stereocenters. The molecule has 3 aromatic rings. The van der Waals surface area contributed by atoms with Crippen molar-refractivity contribution in [2.24, 2.45) is 5.73 Å². The van der Waals surface area contributed by atoms with Gasteiger partial charge in [0.05, 0.1) is 35.2 Å². The van der Waals surface area contributed by atoms with E-state index in [0.29, 0.717) is 28.8 Å². The zero-order valence-electron chi connectivity index (χ0n) is 24.8. The molecule has 216 valence electrons. The van der Waals surface area contributed by atoms with Crippen molar-refractivity contribution < 1.29 is 9.53 Å². The van der Waals surface area contributed by atoms with Gasteiger partial charge in [0.15, 0.2) is 5.82 Å². The molecule has 1 fully saturated rings. The maximum absolute atomic E-state index is 12.3. The van der Waals surface area contributed by atoms with Crippen LogP contribution >= 0.6 is 0 Å². The number of tetrazole rings is 1. The fraction of sp³-hybridized carbons (Fsp3) is 0.593. The lowest BCUT2D eigenvalue weighted by atomic mass is 9.77. The van der Waals surface area contributed by atoms with E-state index in [1.165, 1.54) is 6.20 Å². The molecule has 0 radical (unpaired) electrons. The summed E-state index contributed by atoms with van der Waals surface area (Å²) in [6.07, 6.45) is 4.71. The summed E-state index contributed by atoms with van der Waals surface area (Å²) in [6.45, 7) is 16.7. The number of carbonyl (C=O) groups excluding carboxylic acids is 1. The van der Waals surface area contributed by atoms with Gasteiger partial charge in [0.2, 0.25) is 11.8 Å². The maximum atomic E-state index is 12.3. The highest BCUT2D eigenvalue weighted by Gasteiger charge is 2.43. The third-order valence-electron chi connectivity index (χ3n) is 7.38. The zero-order valence-corrected chi connectivity index (χ0v) is 24.8. The minimum atomic E-state index is -0.597. The van der Waals surface area contributed by atoms with E-state index in [9.17, 15) is 4.79 Å². The average Bonchev–Trinajstić information content (AvgIpc) is 3.33. The summed E-state index contributed by atoms with van der Waals surface area (Å²) in [5, 5.41) is 18.9. The normalized spacial score (nSPS) is 17.3. The van der Waals surface area contributed by atoms with Crippen LogP contribution in [-0.2, 0) is 0 Å². The van der Waals surface area contributed by atoms with Gasteiger partial charge in [0, 0.05) is 23.3 Å². The van der Waals surface area contributed by atoms with Crippen LogP contribution in [0.15, 0.2) is 18.5 Å². The number of ether oxygens (including phenoxy) is 1. The minimum absolute atomic E-state index is 0.0290. The summed E-state index contributed by atoms with van der Waals surface area (Å²) in [5.41, 5.74) is 7.05. The Labute approximate surface area is 235 Å². The smallest absolute Gasteiger partial charge is 0.254 e. The molecule has 40 heavy (non-hydrogen) atoms. The highest BCUT2D eigenvalue weighted by atomic mass is 16.5. The van der Waals surface area contributed by atoms with Crippen molar-refractivity contribution in [2.45, 2.75) is 97.5 Å². The second-order valence-corrected chi connectivity index (χ2v) is 12.2. The Kier molecular flexibility index (Phi) is 7.97. The highest BCUT2D eigenvalue weighted by Crippen LogP contribution is 2.38. The van der Waals surface area contributed by atoms with Gasteiger partial charge in [-0.2, -0.15) is 4.98 Å². The molecule has 4 rings (SSSR count). The lowest BCUT2D eigenvalue weighted by Crippen LogP contribution is -2.61. The zero-order chi connectivity index (χ0) is 29.4. The number of hydrogen-bond acceptors (Lipinski definition) is 11. The van der Waals surface area contributed by atoms with E-state index in [0.717, 1.165) is 12.8 Å². The standard InChI is InChI=1S/C27H41N11O2/c1-15(2)38-23(34-35-36-38)19-10-17(13-29-24(19)40-16(3)4)32-25-30-14-20(21(28)39)22(33-25)31-18-11-26(5,6)37(9)27(7,8)12-18/h10,13-16,18H,11-12H2,1-9H3,(H2,28,39)(H2,30,31,32,33). The highest BCUT2D eigenvalue weighted by molar-refractivity contribution is 5.97. The summed E-state index contributed by atoms with van der Waals surface area (Å²) in [6, 6.07) is 1.95. The fourth-order valence-electron chi connectivity index (χ4n) is 5.24. The molecule has 1 aliphatic heterocycles. The molecule has 0 spiro atoms. The van der Waals surface area contributed by atoms with E-state index in [4.69, 9.17) is 10.5 Å². The summed E-state index contributed by atoms with van der Waals surface area (Å²) < 4.78 is 7.66. The van der Waals surface area contributed by atoms with Crippen LogP contribution in [0.5, 0.6) is 5.88 Å². The van der Waals surface area contributed by atoms with Gasteiger partial charge in [-0.25, -0.2) is 14.6 Å². The summed E-state index contributed by atoms with van der Waals surface area (Å²) in [5.74, 6) is 1.02. The van der Waals surface area contributed by atoms with Crippen molar-refractivity contribution in [1.82, 2.24) is 40.1 Å². The lowest BCUT2D eigenvalue weighted by molar-refractivity contribution is -0.00772. The Hall–Kier alpha value is -3.87. The molecule has 0 aliphatic carbocycles. The third-order valence-corrected chi connectivity index (χ3v) is 7.38. The van der Waals surface area contributed by atoms with E-state index in [1.807, 2.05) is 33.8 Å². The number of piperidine rings is 1. The number of hydrogen-bond donors (Lipinski definition) is 3. The van der Waals surface area contributed by atoms with Crippen molar-refractivity contribution in [3.63, 3.8) is 0 Å². The van der Waals surface area contributed by atoms with Gasteiger partial charge in [-0.3, -0.25) is 9.69 Å². The first-order chi connectivity index (χ1) is 18.7. The van der Waals surface area contributed by atoms with Gasteiger partial charge in [-0.15, -0.1) is 5.10 Å². The molecule has 0 aromatic carbocycles. The van der Waals surface area contributed by atoms with Gasteiger partial charge < -0.3 is 21.1 Å². The predicted molar refractivity (Wildman–Crippen MR) is 154 cm³/mol. The Balaban J connectivity index is 1.66. The van der Waals surface area contributed by atoms with Crippen LogP contribution in [0.3, 0.4) is 0 Å². The van der Waals surface area contributed by atoms with E-state index < -0.39 is 5.91 Å². The van der Waals surface area contributed by atoms with Crippen molar-refractivity contribution >= 4 is 23.4 Å². The largest absolute Gasteiger partial charge is 0.474 e. The van der Waals surface area contributed by atoms with Crippen LogP contribution in [0.2, 0.25) is 0 Å². The molecule has 0 bridgehead atoms. The van der Waals surface area contributed by atoms with Crippen molar-refractivity contribution in [3.05, 3.63) is 24.0 Å². The monoisotopic (exact) mass is 551 g/mol. The predicted octanol–water partition coefficient (Wildman–Crippen LogP) is 3.80. The minimum Gasteiger partial charge on any atom is -0.474 e. The Morgan fingerprint density at radius 3 is 2.38 bits per heavy atom. The van der Waals surface area contributed by atoms with Crippen LogP contribution < -0.4 is 21.1 Å². The first-order valence-corrected chi connectivity index (χ1v) is 13.6. The third kappa shape index (κ3) is 6.14. The molecule has 3 aromatic heterocycles. The number of anilines is 3. The molecular formula is C27H41N11O2. The molecule has 4 N–H and O–H groups in total. The van der Waals surface area contributed by atoms with Crippen LogP contribution in [0.4, 0.5) is 17.5 Å².